The molecule has 0 aromatic heterocycles. The van der Waals surface area contributed by atoms with Crippen molar-refractivity contribution in [2.75, 3.05) is 7.11 Å². The first-order chi connectivity index (χ1) is 13.4. The molecule has 148 valence electrons. The van der Waals surface area contributed by atoms with E-state index in [1.165, 1.54) is 7.11 Å². The summed E-state index contributed by atoms with van der Waals surface area (Å²) in [5.74, 6) is -2.13. The molecule has 0 aliphatic carbocycles. The third-order valence-corrected chi connectivity index (χ3v) is 4.30. The fraction of sp³-hybridized carbons (Fsp3) is 0.421. The quantitative estimate of drug-likeness (QED) is 0.518. The van der Waals surface area contributed by atoms with Crippen molar-refractivity contribution in [3.8, 4) is 6.07 Å². The van der Waals surface area contributed by atoms with Crippen LogP contribution >= 0.6 is 0 Å². The van der Waals surface area contributed by atoms with Gasteiger partial charge in [-0.25, -0.2) is 4.79 Å². The van der Waals surface area contributed by atoms with Gasteiger partial charge in [-0.3, -0.25) is 14.4 Å². The minimum Gasteiger partial charge on any atom is -0.467 e. The van der Waals surface area contributed by atoms with Gasteiger partial charge in [0.25, 0.3) is 0 Å². The van der Waals surface area contributed by atoms with Crippen molar-refractivity contribution >= 4 is 23.7 Å². The third kappa shape index (κ3) is 5.81. The maximum atomic E-state index is 12.3. The van der Waals surface area contributed by atoms with Crippen LogP contribution in [-0.4, -0.2) is 48.9 Å². The molecule has 2 rings (SSSR count). The molecule has 1 aromatic rings. The van der Waals surface area contributed by atoms with E-state index < -0.39 is 35.9 Å². The first kappa shape index (κ1) is 20.9. The van der Waals surface area contributed by atoms with Gasteiger partial charge in [0.2, 0.25) is 17.7 Å². The van der Waals surface area contributed by atoms with Crippen LogP contribution in [0.2, 0.25) is 0 Å². The lowest BCUT2D eigenvalue weighted by molar-refractivity contribution is -0.145. The van der Waals surface area contributed by atoms with Gasteiger partial charge < -0.3 is 20.7 Å². The van der Waals surface area contributed by atoms with Crippen LogP contribution in [0.25, 0.3) is 0 Å². The fourth-order valence-electron chi connectivity index (χ4n) is 2.85. The summed E-state index contributed by atoms with van der Waals surface area (Å²) in [6.45, 7) is 0. The van der Waals surface area contributed by atoms with Gasteiger partial charge in [-0.05, 0) is 12.0 Å². The first-order valence-corrected chi connectivity index (χ1v) is 8.83. The van der Waals surface area contributed by atoms with E-state index in [1.807, 2.05) is 36.4 Å². The monoisotopic (exact) mass is 386 g/mol. The van der Waals surface area contributed by atoms with E-state index in [0.29, 0.717) is 6.42 Å². The Balaban J connectivity index is 1.91. The van der Waals surface area contributed by atoms with E-state index in [1.54, 1.807) is 0 Å². The zero-order valence-corrected chi connectivity index (χ0v) is 15.4. The lowest BCUT2D eigenvalue weighted by atomic mass is 10.0. The Morgan fingerprint density at radius 3 is 2.46 bits per heavy atom. The van der Waals surface area contributed by atoms with Gasteiger partial charge in [0.15, 0.2) is 0 Å². The molecule has 1 aliphatic rings. The van der Waals surface area contributed by atoms with Gasteiger partial charge >= 0.3 is 5.97 Å². The number of benzene rings is 1. The Morgan fingerprint density at radius 1 is 1.18 bits per heavy atom. The molecular formula is C19H22N4O5. The molecule has 1 heterocycles. The first-order valence-electron chi connectivity index (χ1n) is 8.83. The Hall–Kier alpha value is -3.41. The molecule has 3 amide bonds. The van der Waals surface area contributed by atoms with E-state index in [0.717, 1.165) is 5.56 Å². The van der Waals surface area contributed by atoms with E-state index >= 15 is 0 Å². The van der Waals surface area contributed by atoms with E-state index in [9.17, 15) is 19.2 Å². The number of methoxy groups -OCH3 is 1. The second-order valence-electron chi connectivity index (χ2n) is 6.36. The molecule has 1 fully saturated rings. The summed E-state index contributed by atoms with van der Waals surface area (Å²) in [4.78, 5) is 48.4. The molecule has 1 aliphatic heterocycles. The Bertz CT molecular complexity index is 774. The van der Waals surface area contributed by atoms with Crippen molar-refractivity contribution in [2.45, 2.75) is 43.8 Å². The second-order valence-corrected chi connectivity index (χ2v) is 6.36. The number of hydrogen-bond donors (Lipinski definition) is 3. The maximum Gasteiger partial charge on any atom is 0.328 e. The predicted octanol–water partition coefficient (Wildman–Crippen LogP) is -0.436. The number of nitriles is 1. The Morgan fingerprint density at radius 2 is 1.82 bits per heavy atom. The molecule has 0 unspecified atom stereocenters. The minimum atomic E-state index is -1.03. The Kier molecular flexibility index (Phi) is 7.51. The number of esters is 1. The van der Waals surface area contributed by atoms with Gasteiger partial charge in [-0.15, -0.1) is 0 Å². The van der Waals surface area contributed by atoms with Gasteiger partial charge in [0.1, 0.15) is 18.1 Å². The number of nitrogens with one attached hydrogen (secondary N) is 3. The number of ether oxygens (including phenoxy) is 1. The number of amides is 3. The number of nitrogens with zero attached hydrogens (tertiary/aromatic N) is 1. The third-order valence-electron chi connectivity index (χ3n) is 4.30. The molecule has 9 heteroatoms. The van der Waals surface area contributed by atoms with E-state index in [-0.39, 0.29) is 25.2 Å². The lowest BCUT2D eigenvalue weighted by Gasteiger charge is -2.29. The van der Waals surface area contributed by atoms with Crippen LogP contribution in [0.3, 0.4) is 0 Å². The van der Waals surface area contributed by atoms with Gasteiger partial charge in [0, 0.05) is 12.8 Å². The molecule has 1 aromatic carbocycles. The normalized spacial score (nSPS) is 19.6. The van der Waals surface area contributed by atoms with Crippen LogP contribution in [0, 0.1) is 11.3 Å². The molecule has 0 radical (unpaired) electrons. The van der Waals surface area contributed by atoms with Gasteiger partial charge in [-0.2, -0.15) is 5.26 Å². The highest BCUT2D eigenvalue weighted by Crippen LogP contribution is 2.09. The smallest absolute Gasteiger partial charge is 0.328 e. The fourth-order valence-corrected chi connectivity index (χ4v) is 2.85. The molecule has 1 saturated heterocycles. The molecule has 9 nitrogen and oxygen atoms in total. The summed E-state index contributed by atoms with van der Waals surface area (Å²) in [5, 5.41) is 16.3. The highest BCUT2D eigenvalue weighted by molar-refractivity contribution is 5.99. The highest BCUT2D eigenvalue weighted by Gasteiger charge is 2.35. The van der Waals surface area contributed by atoms with Crippen LogP contribution in [0.15, 0.2) is 30.3 Å². The SMILES string of the molecule is COC(=O)[C@@H](CCC#N)NC(=O)C[C@@H]1NC(=O)[C@H](Cc2ccccc2)NC1=O. The van der Waals surface area contributed by atoms with Crippen molar-refractivity contribution in [1.29, 1.82) is 5.26 Å². The van der Waals surface area contributed by atoms with Gasteiger partial charge in [-0.1, -0.05) is 30.3 Å². The molecule has 3 atom stereocenters. The van der Waals surface area contributed by atoms with E-state index in [4.69, 9.17) is 5.26 Å². The van der Waals surface area contributed by atoms with Crippen LogP contribution < -0.4 is 16.0 Å². The maximum absolute atomic E-state index is 12.3. The second kappa shape index (κ2) is 10.1. The van der Waals surface area contributed by atoms with Crippen molar-refractivity contribution in [3.05, 3.63) is 35.9 Å². The minimum absolute atomic E-state index is 0.0574. The molecular weight excluding hydrogens is 364 g/mol. The summed E-state index contributed by atoms with van der Waals surface area (Å²) in [6, 6.07) is 8.41. The summed E-state index contributed by atoms with van der Waals surface area (Å²) in [5.41, 5.74) is 0.901. The molecule has 0 spiro atoms. The average molecular weight is 386 g/mol. The van der Waals surface area contributed by atoms with Gasteiger partial charge in [0.05, 0.1) is 19.6 Å². The summed E-state index contributed by atoms with van der Waals surface area (Å²) >= 11 is 0. The van der Waals surface area contributed by atoms with Crippen molar-refractivity contribution in [2.24, 2.45) is 0 Å². The van der Waals surface area contributed by atoms with Crippen LogP contribution in [0.5, 0.6) is 0 Å². The summed E-state index contributed by atoms with van der Waals surface area (Å²) in [7, 11) is 1.18. The van der Waals surface area contributed by atoms with Crippen molar-refractivity contribution < 1.29 is 23.9 Å². The van der Waals surface area contributed by atoms with Crippen LogP contribution in [0.4, 0.5) is 0 Å². The zero-order chi connectivity index (χ0) is 20.5. The van der Waals surface area contributed by atoms with Crippen LogP contribution in [0.1, 0.15) is 24.8 Å². The lowest BCUT2D eigenvalue weighted by Crippen LogP contribution is -2.63. The number of piperazine rings is 1. The predicted molar refractivity (Wildman–Crippen MR) is 97.4 cm³/mol. The molecule has 28 heavy (non-hydrogen) atoms. The largest absolute Gasteiger partial charge is 0.467 e. The topological polar surface area (TPSA) is 137 Å². The standard InChI is InChI=1S/C19H22N4O5/c1-28-19(27)13(8-5-9-20)21-16(24)11-15-18(26)22-14(17(25)23-15)10-12-6-3-2-4-7-12/h2-4,6-7,13-15H,5,8,10-11H2,1H3,(H,21,24)(H,22,26)(H,23,25)/t13-,14+,15+/m1/s1. The highest BCUT2D eigenvalue weighted by atomic mass is 16.5. The number of rotatable bonds is 8. The summed E-state index contributed by atoms with van der Waals surface area (Å²) in [6.07, 6.45) is 0.171. The molecule has 0 saturated carbocycles. The number of hydrogen-bond acceptors (Lipinski definition) is 6. The number of carbonyl (C=O) groups is 4. The summed E-state index contributed by atoms with van der Waals surface area (Å²) < 4.78 is 4.60. The van der Waals surface area contributed by atoms with E-state index in [2.05, 4.69) is 20.7 Å². The zero-order valence-electron chi connectivity index (χ0n) is 15.4. The number of carbonyl (C=O) groups excluding carboxylic acids is 4. The van der Waals surface area contributed by atoms with Crippen LogP contribution in [-0.2, 0) is 30.3 Å². The average Bonchev–Trinajstić information content (AvgIpc) is 2.69. The van der Waals surface area contributed by atoms with Crippen molar-refractivity contribution in [1.82, 2.24) is 16.0 Å². The molecule has 0 bridgehead atoms. The van der Waals surface area contributed by atoms with Crippen molar-refractivity contribution in [3.63, 3.8) is 0 Å². The Labute approximate surface area is 162 Å². The molecule has 3 N–H and O–H groups in total.